The molecule has 1 N–H and O–H groups in total. The molecular weight excluding hydrogens is 411 g/mol. The summed E-state index contributed by atoms with van der Waals surface area (Å²) in [4.78, 5) is 6.07. The van der Waals surface area contributed by atoms with Gasteiger partial charge in [-0.1, -0.05) is 46.4 Å². The average Bonchev–Trinajstić information content (AvgIpc) is 2.43. The second-order valence-corrected chi connectivity index (χ2v) is 6.82. The van der Waals surface area contributed by atoms with Crippen LogP contribution < -0.4 is 5.32 Å². The fourth-order valence-electron chi connectivity index (χ4n) is 1.88. The third-order valence-electron chi connectivity index (χ3n) is 2.85. The van der Waals surface area contributed by atoms with Crippen molar-refractivity contribution in [2.75, 3.05) is 19.4 Å². The molecule has 2 rings (SSSR count). The van der Waals surface area contributed by atoms with Crippen molar-refractivity contribution < 1.29 is 0 Å². The molecule has 0 atom stereocenters. The zero-order valence-corrected chi connectivity index (χ0v) is 16.8. The van der Waals surface area contributed by atoms with E-state index in [-0.39, 0.29) is 12.4 Å². The highest BCUT2D eigenvalue weighted by atomic mass is 35.5. The summed E-state index contributed by atoms with van der Waals surface area (Å²) in [6.45, 7) is 0.549. The van der Waals surface area contributed by atoms with Crippen LogP contribution in [0.2, 0.25) is 20.1 Å². The fraction of sp³-hybridized carbons (Fsp3) is 0.188. The van der Waals surface area contributed by atoms with E-state index in [4.69, 9.17) is 46.4 Å². The van der Waals surface area contributed by atoms with Crippen LogP contribution in [0.4, 0.5) is 11.4 Å². The summed E-state index contributed by atoms with van der Waals surface area (Å²) in [6, 6.07) is 8.94. The lowest BCUT2D eigenvalue weighted by Gasteiger charge is -2.11. The maximum Gasteiger partial charge on any atom is 0.102 e. The van der Waals surface area contributed by atoms with Crippen molar-refractivity contribution in [1.82, 2.24) is 4.90 Å². The van der Waals surface area contributed by atoms with Gasteiger partial charge in [-0.25, -0.2) is 4.99 Å². The molecule has 0 amide bonds. The third kappa shape index (κ3) is 6.23. The summed E-state index contributed by atoms with van der Waals surface area (Å²) in [6.07, 6.45) is 1.65. The van der Waals surface area contributed by atoms with Crippen LogP contribution in [-0.4, -0.2) is 25.3 Å². The molecule has 3 nitrogen and oxygen atoms in total. The number of rotatable bonds is 5. The predicted molar refractivity (Wildman–Crippen MR) is 109 cm³/mol. The molecule has 2 aromatic carbocycles. The molecule has 130 valence electrons. The molecule has 0 saturated carbocycles. The molecule has 0 saturated heterocycles. The van der Waals surface area contributed by atoms with E-state index in [0.29, 0.717) is 32.3 Å². The van der Waals surface area contributed by atoms with E-state index >= 15 is 0 Å². The normalized spacial score (nSPS) is 10.6. The lowest BCUT2D eigenvalue weighted by Crippen LogP contribution is -2.07. The first-order chi connectivity index (χ1) is 10.8. The van der Waals surface area contributed by atoms with Crippen molar-refractivity contribution in [3.8, 4) is 0 Å². The fourth-order valence-corrected chi connectivity index (χ4v) is 3.04. The SMILES string of the molecule is CN(C)/C=N\c1c(Cl)cc(NCc2cc(Cl)cc(Cl)c2)cc1Cl.Cl. The molecule has 0 bridgehead atoms. The van der Waals surface area contributed by atoms with Gasteiger partial charge in [-0.05, 0) is 35.9 Å². The van der Waals surface area contributed by atoms with Gasteiger partial charge in [0.05, 0.1) is 16.4 Å². The highest BCUT2D eigenvalue weighted by Gasteiger charge is 2.08. The molecule has 0 unspecified atom stereocenters. The molecule has 0 aliphatic carbocycles. The zero-order chi connectivity index (χ0) is 17.0. The standard InChI is InChI=1S/C16H15Cl4N3.ClH/c1-23(2)9-22-16-14(19)6-13(7-15(16)20)21-8-10-3-11(17)5-12(18)4-10;/h3-7,9,21H,8H2,1-2H3;1H/b22-9-;. The summed E-state index contributed by atoms with van der Waals surface area (Å²) in [7, 11) is 3.74. The van der Waals surface area contributed by atoms with Crippen LogP contribution in [-0.2, 0) is 6.54 Å². The van der Waals surface area contributed by atoms with Crippen molar-refractivity contribution in [2.24, 2.45) is 4.99 Å². The zero-order valence-electron chi connectivity index (χ0n) is 13.0. The average molecular weight is 428 g/mol. The number of benzene rings is 2. The van der Waals surface area contributed by atoms with Gasteiger partial charge in [-0.2, -0.15) is 0 Å². The van der Waals surface area contributed by atoms with E-state index in [1.807, 2.05) is 31.1 Å². The van der Waals surface area contributed by atoms with E-state index in [2.05, 4.69) is 10.3 Å². The monoisotopic (exact) mass is 425 g/mol. The molecule has 0 aliphatic heterocycles. The number of nitrogens with one attached hydrogen (secondary N) is 1. The minimum Gasteiger partial charge on any atom is -0.381 e. The van der Waals surface area contributed by atoms with Crippen LogP contribution in [0.5, 0.6) is 0 Å². The summed E-state index contributed by atoms with van der Waals surface area (Å²) >= 11 is 24.5. The Kier molecular flexibility index (Phi) is 8.48. The van der Waals surface area contributed by atoms with E-state index in [9.17, 15) is 0 Å². The molecule has 0 heterocycles. The van der Waals surface area contributed by atoms with Gasteiger partial charge >= 0.3 is 0 Å². The molecule has 8 heteroatoms. The molecule has 0 aliphatic rings. The number of nitrogens with zero attached hydrogens (tertiary/aromatic N) is 2. The largest absolute Gasteiger partial charge is 0.381 e. The predicted octanol–water partition coefficient (Wildman–Crippen LogP) is 6.56. The topological polar surface area (TPSA) is 27.6 Å². The molecule has 0 fully saturated rings. The Hall–Kier alpha value is -0.840. The molecular formula is C16H16Cl5N3. The number of aliphatic imine (C=N–C) groups is 1. The van der Waals surface area contributed by atoms with Crippen molar-refractivity contribution >= 4 is 76.5 Å². The van der Waals surface area contributed by atoms with Crippen molar-refractivity contribution in [3.05, 3.63) is 56.0 Å². The Labute approximate surface area is 168 Å². The van der Waals surface area contributed by atoms with Crippen LogP contribution in [0.25, 0.3) is 0 Å². The van der Waals surface area contributed by atoms with Gasteiger partial charge in [0.15, 0.2) is 0 Å². The summed E-state index contributed by atoms with van der Waals surface area (Å²) in [5, 5.41) is 5.38. The van der Waals surface area contributed by atoms with E-state index in [1.54, 1.807) is 24.5 Å². The van der Waals surface area contributed by atoms with Crippen molar-refractivity contribution in [3.63, 3.8) is 0 Å². The van der Waals surface area contributed by atoms with Gasteiger partial charge in [0.1, 0.15) is 5.69 Å². The van der Waals surface area contributed by atoms with Crippen LogP contribution in [0.1, 0.15) is 5.56 Å². The molecule has 24 heavy (non-hydrogen) atoms. The number of hydrogen-bond acceptors (Lipinski definition) is 2. The van der Waals surface area contributed by atoms with Crippen molar-refractivity contribution in [1.29, 1.82) is 0 Å². The first-order valence-electron chi connectivity index (χ1n) is 6.73. The maximum absolute atomic E-state index is 6.25. The lowest BCUT2D eigenvalue weighted by atomic mass is 10.2. The number of halogens is 5. The summed E-state index contributed by atoms with van der Waals surface area (Å²) in [5.74, 6) is 0. The van der Waals surface area contributed by atoms with Gasteiger partial charge in [0.2, 0.25) is 0 Å². The van der Waals surface area contributed by atoms with Crippen LogP contribution in [0.15, 0.2) is 35.3 Å². The first kappa shape index (κ1) is 21.2. The van der Waals surface area contributed by atoms with Gasteiger partial charge < -0.3 is 10.2 Å². The Morgan fingerprint density at radius 3 is 2.00 bits per heavy atom. The second-order valence-electron chi connectivity index (χ2n) is 5.13. The third-order valence-corrected chi connectivity index (χ3v) is 3.87. The van der Waals surface area contributed by atoms with Gasteiger partial charge in [0, 0.05) is 36.4 Å². The van der Waals surface area contributed by atoms with E-state index < -0.39 is 0 Å². The Balaban J connectivity index is 0.00000288. The summed E-state index contributed by atoms with van der Waals surface area (Å²) in [5.41, 5.74) is 2.29. The molecule has 0 aromatic heterocycles. The van der Waals surface area contributed by atoms with E-state index in [0.717, 1.165) is 11.3 Å². The highest BCUT2D eigenvalue weighted by molar-refractivity contribution is 6.39. The molecule has 2 aromatic rings. The Morgan fingerprint density at radius 2 is 1.50 bits per heavy atom. The van der Waals surface area contributed by atoms with Gasteiger partial charge in [-0.15, -0.1) is 12.4 Å². The van der Waals surface area contributed by atoms with Crippen LogP contribution in [0.3, 0.4) is 0 Å². The van der Waals surface area contributed by atoms with Crippen molar-refractivity contribution in [2.45, 2.75) is 6.54 Å². The highest BCUT2D eigenvalue weighted by Crippen LogP contribution is 2.36. The molecule has 0 radical (unpaired) electrons. The second kappa shape index (κ2) is 9.59. The lowest BCUT2D eigenvalue weighted by molar-refractivity contribution is 0.643. The quantitative estimate of drug-likeness (QED) is 0.432. The van der Waals surface area contributed by atoms with Crippen LogP contribution in [0, 0.1) is 0 Å². The Bertz CT molecular complexity index is 688. The number of anilines is 1. The smallest absolute Gasteiger partial charge is 0.102 e. The van der Waals surface area contributed by atoms with Gasteiger partial charge in [0.25, 0.3) is 0 Å². The summed E-state index contributed by atoms with van der Waals surface area (Å²) < 4.78 is 0. The van der Waals surface area contributed by atoms with E-state index in [1.165, 1.54) is 0 Å². The molecule has 0 spiro atoms. The number of hydrogen-bond donors (Lipinski definition) is 1. The minimum absolute atomic E-state index is 0. The minimum atomic E-state index is 0. The maximum atomic E-state index is 6.25. The van der Waals surface area contributed by atoms with Gasteiger partial charge in [-0.3, -0.25) is 0 Å². The first-order valence-corrected chi connectivity index (χ1v) is 8.25. The Morgan fingerprint density at radius 1 is 0.958 bits per heavy atom. The van der Waals surface area contributed by atoms with Crippen LogP contribution >= 0.6 is 58.8 Å².